The molecule has 0 radical (unpaired) electrons. The lowest BCUT2D eigenvalue weighted by molar-refractivity contribution is 0.0950. The molecule has 1 amide bonds. The third-order valence-electron chi connectivity index (χ3n) is 3.68. The van der Waals surface area contributed by atoms with E-state index in [4.69, 9.17) is 0 Å². The van der Waals surface area contributed by atoms with E-state index >= 15 is 0 Å². The minimum atomic E-state index is -0.126. The number of carbonyl (C=O) groups excluding carboxylic acids is 1. The number of carbonyl (C=O) groups is 1. The van der Waals surface area contributed by atoms with E-state index in [2.05, 4.69) is 15.3 Å². The van der Waals surface area contributed by atoms with Crippen molar-refractivity contribution in [2.45, 2.75) is 13.5 Å². The summed E-state index contributed by atoms with van der Waals surface area (Å²) in [6.45, 7) is 2.54. The number of amides is 1. The number of hydrogen-bond donors (Lipinski definition) is 1. The molecule has 0 fully saturated rings. The quantitative estimate of drug-likeness (QED) is 0.804. The van der Waals surface area contributed by atoms with E-state index in [1.807, 2.05) is 49.4 Å². The van der Waals surface area contributed by atoms with Gasteiger partial charge in [0.15, 0.2) is 0 Å². The molecular formula is C19H17N3O. The van der Waals surface area contributed by atoms with Crippen LogP contribution in [0.5, 0.6) is 0 Å². The Morgan fingerprint density at radius 3 is 2.61 bits per heavy atom. The molecule has 0 bridgehead atoms. The predicted octanol–water partition coefficient (Wildman–Crippen LogP) is 3.38. The Labute approximate surface area is 135 Å². The summed E-state index contributed by atoms with van der Waals surface area (Å²) < 4.78 is 0. The second-order valence-electron chi connectivity index (χ2n) is 5.28. The fourth-order valence-corrected chi connectivity index (χ4v) is 2.30. The van der Waals surface area contributed by atoms with Gasteiger partial charge in [-0.3, -0.25) is 14.8 Å². The van der Waals surface area contributed by atoms with Gasteiger partial charge in [-0.15, -0.1) is 0 Å². The van der Waals surface area contributed by atoms with Crippen LogP contribution in [-0.4, -0.2) is 15.9 Å². The molecule has 0 saturated heterocycles. The van der Waals surface area contributed by atoms with Gasteiger partial charge in [-0.25, -0.2) is 0 Å². The normalized spacial score (nSPS) is 10.3. The van der Waals surface area contributed by atoms with Crippen molar-refractivity contribution >= 4 is 5.91 Å². The van der Waals surface area contributed by atoms with Gasteiger partial charge in [-0.1, -0.05) is 24.3 Å². The third kappa shape index (κ3) is 3.61. The van der Waals surface area contributed by atoms with Crippen molar-refractivity contribution < 1.29 is 4.79 Å². The number of aromatic nitrogens is 2. The van der Waals surface area contributed by atoms with Crippen LogP contribution in [0.15, 0.2) is 67.1 Å². The molecule has 4 heteroatoms. The van der Waals surface area contributed by atoms with Gasteiger partial charge in [0.1, 0.15) is 0 Å². The standard InChI is InChI=1S/C19H17N3O/c1-14-5-2-3-6-15(14)12-22-19(23)17-8-9-18(21-13-17)16-7-4-10-20-11-16/h2-11,13H,12H2,1H3,(H,22,23). The average molecular weight is 303 g/mol. The first kappa shape index (κ1) is 14.9. The van der Waals surface area contributed by atoms with Gasteiger partial charge in [0, 0.05) is 30.7 Å². The molecule has 4 nitrogen and oxygen atoms in total. The van der Waals surface area contributed by atoms with Crippen LogP contribution < -0.4 is 5.32 Å². The fourth-order valence-electron chi connectivity index (χ4n) is 2.30. The molecule has 3 rings (SSSR count). The topological polar surface area (TPSA) is 54.9 Å². The zero-order valence-electron chi connectivity index (χ0n) is 12.9. The van der Waals surface area contributed by atoms with Gasteiger partial charge in [-0.2, -0.15) is 0 Å². The van der Waals surface area contributed by atoms with Crippen LogP contribution in [0.2, 0.25) is 0 Å². The van der Waals surface area contributed by atoms with Gasteiger partial charge >= 0.3 is 0 Å². The highest BCUT2D eigenvalue weighted by molar-refractivity contribution is 5.94. The predicted molar refractivity (Wildman–Crippen MR) is 89.8 cm³/mol. The van der Waals surface area contributed by atoms with Gasteiger partial charge in [0.2, 0.25) is 0 Å². The minimum Gasteiger partial charge on any atom is -0.348 e. The van der Waals surface area contributed by atoms with Crippen LogP contribution >= 0.6 is 0 Å². The lowest BCUT2D eigenvalue weighted by atomic mass is 10.1. The minimum absolute atomic E-state index is 0.126. The zero-order valence-corrected chi connectivity index (χ0v) is 12.9. The van der Waals surface area contributed by atoms with Crippen LogP contribution in [-0.2, 0) is 6.54 Å². The van der Waals surface area contributed by atoms with Crippen LogP contribution in [0.4, 0.5) is 0 Å². The maximum atomic E-state index is 12.2. The summed E-state index contributed by atoms with van der Waals surface area (Å²) in [5, 5.41) is 2.92. The summed E-state index contributed by atoms with van der Waals surface area (Å²) in [6, 6.07) is 15.4. The van der Waals surface area contributed by atoms with Crippen LogP contribution in [0.25, 0.3) is 11.3 Å². The Kier molecular flexibility index (Phi) is 4.43. The summed E-state index contributed by atoms with van der Waals surface area (Å²) in [6.07, 6.45) is 5.06. The number of pyridine rings is 2. The molecule has 2 aromatic heterocycles. The number of nitrogens with one attached hydrogen (secondary N) is 1. The van der Waals surface area contributed by atoms with Crippen molar-refractivity contribution in [3.8, 4) is 11.3 Å². The van der Waals surface area contributed by atoms with E-state index < -0.39 is 0 Å². The molecule has 0 aliphatic carbocycles. The molecule has 23 heavy (non-hydrogen) atoms. The van der Waals surface area contributed by atoms with Crippen LogP contribution in [0.3, 0.4) is 0 Å². The molecule has 0 aliphatic rings. The molecular weight excluding hydrogens is 286 g/mol. The molecule has 3 aromatic rings. The maximum absolute atomic E-state index is 12.2. The van der Waals surface area contributed by atoms with Crippen molar-refractivity contribution in [2.75, 3.05) is 0 Å². The molecule has 0 saturated carbocycles. The monoisotopic (exact) mass is 303 g/mol. The first-order valence-corrected chi connectivity index (χ1v) is 7.43. The third-order valence-corrected chi connectivity index (χ3v) is 3.68. The van der Waals surface area contributed by atoms with E-state index in [1.165, 1.54) is 0 Å². The summed E-state index contributed by atoms with van der Waals surface area (Å²) in [4.78, 5) is 20.6. The molecule has 114 valence electrons. The molecule has 0 unspecified atom stereocenters. The van der Waals surface area contributed by atoms with Gasteiger partial charge in [0.05, 0.1) is 11.3 Å². The van der Waals surface area contributed by atoms with Crippen LogP contribution in [0, 0.1) is 6.92 Å². The lowest BCUT2D eigenvalue weighted by Gasteiger charge is -2.08. The van der Waals surface area contributed by atoms with Gasteiger partial charge < -0.3 is 5.32 Å². The van der Waals surface area contributed by atoms with E-state index in [1.54, 1.807) is 24.7 Å². The van der Waals surface area contributed by atoms with E-state index in [0.29, 0.717) is 12.1 Å². The smallest absolute Gasteiger partial charge is 0.253 e. The molecule has 0 atom stereocenters. The number of hydrogen-bond acceptors (Lipinski definition) is 3. The molecule has 1 aromatic carbocycles. The van der Waals surface area contributed by atoms with Crippen molar-refractivity contribution in [2.24, 2.45) is 0 Å². The Morgan fingerprint density at radius 2 is 1.91 bits per heavy atom. The Hall–Kier alpha value is -3.01. The lowest BCUT2D eigenvalue weighted by Crippen LogP contribution is -2.23. The van der Waals surface area contributed by atoms with Crippen LogP contribution in [0.1, 0.15) is 21.5 Å². The highest BCUT2D eigenvalue weighted by Gasteiger charge is 2.07. The Bertz CT molecular complexity index is 798. The molecule has 0 spiro atoms. The van der Waals surface area contributed by atoms with Crippen molar-refractivity contribution in [3.05, 3.63) is 83.8 Å². The largest absolute Gasteiger partial charge is 0.348 e. The highest BCUT2D eigenvalue weighted by Crippen LogP contribution is 2.15. The second-order valence-corrected chi connectivity index (χ2v) is 5.28. The number of rotatable bonds is 4. The summed E-state index contributed by atoms with van der Waals surface area (Å²) in [5.74, 6) is -0.126. The number of nitrogens with zero attached hydrogens (tertiary/aromatic N) is 2. The summed E-state index contributed by atoms with van der Waals surface area (Å²) in [5.41, 5.74) is 4.55. The van der Waals surface area contributed by atoms with E-state index in [9.17, 15) is 4.79 Å². The van der Waals surface area contributed by atoms with E-state index in [0.717, 1.165) is 22.4 Å². The molecule has 0 aliphatic heterocycles. The molecule has 1 N–H and O–H groups in total. The SMILES string of the molecule is Cc1ccccc1CNC(=O)c1ccc(-c2cccnc2)nc1. The Morgan fingerprint density at radius 1 is 1.04 bits per heavy atom. The fraction of sp³-hybridized carbons (Fsp3) is 0.105. The van der Waals surface area contributed by atoms with E-state index in [-0.39, 0.29) is 5.91 Å². The average Bonchev–Trinajstić information content (AvgIpc) is 2.62. The zero-order chi connectivity index (χ0) is 16.1. The summed E-state index contributed by atoms with van der Waals surface area (Å²) >= 11 is 0. The Balaban J connectivity index is 1.67. The maximum Gasteiger partial charge on any atom is 0.253 e. The summed E-state index contributed by atoms with van der Waals surface area (Å²) in [7, 11) is 0. The number of benzene rings is 1. The highest BCUT2D eigenvalue weighted by atomic mass is 16.1. The van der Waals surface area contributed by atoms with Crippen molar-refractivity contribution in [1.29, 1.82) is 0 Å². The van der Waals surface area contributed by atoms with Crippen molar-refractivity contribution in [3.63, 3.8) is 0 Å². The van der Waals surface area contributed by atoms with Crippen molar-refractivity contribution in [1.82, 2.24) is 15.3 Å². The van der Waals surface area contributed by atoms with Gasteiger partial charge in [0.25, 0.3) is 5.91 Å². The molecule has 2 heterocycles. The first-order valence-electron chi connectivity index (χ1n) is 7.43. The first-order chi connectivity index (χ1) is 11.2. The second kappa shape index (κ2) is 6.83. The number of aryl methyl sites for hydroxylation is 1. The van der Waals surface area contributed by atoms with Gasteiger partial charge in [-0.05, 0) is 42.3 Å².